The molecule has 0 aromatic rings. The van der Waals surface area contributed by atoms with Gasteiger partial charge >= 0.3 is 30.9 Å². The monoisotopic (exact) mass is 370 g/mol. The van der Waals surface area contributed by atoms with Gasteiger partial charge in [-0.05, 0) is 20.8 Å². The van der Waals surface area contributed by atoms with Gasteiger partial charge in [-0.25, -0.2) is 14.5 Å². The summed E-state index contributed by atoms with van der Waals surface area (Å²) in [4.78, 5) is 40.5. The summed E-state index contributed by atoms with van der Waals surface area (Å²) in [6.45, 7) is 6.72. The molecule has 2 aliphatic heterocycles. The van der Waals surface area contributed by atoms with Crippen molar-refractivity contribution < 1.29 is 47.8 Å². The predicted octanol–water partition coefficient (Wildman–Crippen LogP) is 3.18. The molecule has 0 spiro atoms. The van der Waals surface area contributed by atoms with E-state index in [1.165, 1.54) is 6.92 Å². The first-order valence-corrected chi connectivity index (χ1v) is 6.53. The molecule has 0 N–H and O–H groups in total. The van der Waals surface area contributed by atoms with Crippen molar-refractivity contribution in [1.29, 1.82) is 0 Å². The lowest BCUT2D eigenvalue weighted by Gasteiger charge is -2.13. The maximum atomic E-state index is 10.6. The maximum absolute atomic E-state index is 10.6. The van der Waals surface area contributed by atoms with Crippen molar-refractivity contribution in [3.63, 3.8) is 0 Å². The smallest absolute Gasteiger partial charge is 0.427 e. The summed E-state index contributed by atoms with van der Waals surface area (Å²) in [7, 11) is 0. The van der Waals surface area contributed by atoms with E-state index in [1.54, 1.807) is 20.8 Å². The number of hydrogen-bond donors (Lipinski definition) is 0. The number of rotatable bonds is 4. The minimum atomic E-state index is -1.22. The molecule has 2 aliphatic rings. The fraction of sp³-hybridized carbons (Fsp3) is 0.800. The SMILES string of the molecule is C.C.C.CC1OC(=O)OC1C.CCOOC1OC(=O)OC1OC(C)=O. The number of carbonyl (C=O) groups is 3. The van der Waals surface area contributed by atoms with Crippen molar-refractivity contribution in [2.45, 2.75) is 74.8 Å². The fourth-order valence-corrected chi connectivity index (χ4v) is 1.29. The van der Waals surface area contributed by atoms with Gasteiger partial charge in [0, 0.05) is 6.92 Å². The lowest BCUT2D eigenvalue weighted by Crippen LogP contribution is -2.30. The Hall–Kier alpha value is -2.07. The van der Waals surface area contributed by atoms with E-state index < -0.39 is 30.9 Å². The van der Waals surface area contributed by atoms with Crippen molar-refractivity contribution >= 4 is 18.3 Å². The van der Waals surface area contributed by atoms with Crippen molar-refractivity contribution in [3.8, 4) is 0 Å². The first-order valence-electron chi connectivity index (χ1n) is 6.53. The average molecular weight is 370 g/mol. The highest BCUT2D eigenvalue weighted by molar-refractivity contribution is 5.67. The Morgan fingerprint density at radius 1 is 0.920 bits per heavy atom. The third kappa shape index (κ3) is 9.72. The van der Waals surface area contributed by atoms with E-state index in [1.807, 2.05) is 0 Å². The standard InChI is InChI=1S/C7H10O7.C5H8O3.3CH4/c1-3-10-14-6-5(11-4(2)8)12-7(9)13-6;1-3-4(2)8-5(6)7-3;;;/h5-6H,3H2,1-2H3;3-4H,1-2H3;3*1H4. The van der Waals surface area contributed by atoms with Crippen LogP contribution in [0.5, 0.6) is 0 Å². The first-order chi connectivity index (χ1) is 10.3. The Balaban J connectivity index is -0.000000384. The minimum absolute atomic E-state index is 0. The van der Waals surface area contributed by atoms with Gasteiger partial charge in [-0.3, -0.25) is 4.79 Å². The molecule has 0 bridgehead atoms. The molecule has 2 heterocycles. The molecule has 0 amide bonds. The number of cyclic esters (lactones) is 4. The zero-order chi connectivity index (χ0) is 16.7. The molecule has 10 nitrogen and oxygen atoms in total. The van der Waals surface area contributed by atoms with Gasteiger partial charge in [0.25, 0.3) is 0 Å². The van der Waals surface area contributed by atoms with E-state index in [9.17, 15) is 14.4 Å². The second-order valence-electron chi connectivity index (χ2n) is 4.23. The normalized spacial score (nSPS) is 25.9. The summed E-state index contributed by atoms with van der Waals surface area (Å²) in [5.74, 6) is -0.613. The Morgan fingerprint density at radius 2 is 1.36 bits per heavy atom. The first kappa shape index (κ1) is 27.8. The van der Waals surface area contributed by atoms with E-state index >= 15 is 0 Å². The maximum Gasteiger partial charge on any atom is 0.514 e. The molecule has 0 radical (unpaired) electrons. The van der Waals surface area contributed by atoms with Crippen LogP contribution in [0, 0.1) is 0 Å². The summed E-state index contributed by atoms with van der Waals surface area (Å²) < 4.78 is 22.8. The molecule has 0 saturated carbocycles. The molecular weight excluding hydrogens is 340 g/mol. The highest BCUT2D eigenvalue weighted by Crippen LogP contribution is 2.17. The molecule has 4 unspecified atom stereocenters. The van der Waals surface area contributed by atoms with Crippen LogP contribution in [-0.2, 0) is 38.3 Å². The Morgan fingerprint density at radius 3 is 1.72 bits per heavy atom. The molecular formula is C15H30O10. The van der Waals surface area contributed by atoms with E-state index in [-0.39, 0.29) is 41.1 Å². The van der Waals surface area contributed by atoms with Gasteiger partial charge in [0.05, 0.1) is 6.61 Å². The van der Waals surface area contributed by atoms with Gasteiger partial charge < -0.3 is 23.7 Å². The fourth-order valence-electron chi connectivity index (χ4n) is 1.29. The van der Waals surface area contributed by atoms with E-state index in [0.717, 1.165) is 0 Å². The molecule has 0 aromatic carbocycles. The second-order valence-corrected chi connectivity index (χ2v) is 4.23. The Bertz CT molecular complexity index is 399. The molecule has 2 rings (SSSR count). The van der Waals surface area contributed by atoms with Crippen molar-refractivity contribution in [3.05, 3.63) is 0 Å². The summed E-state index contributed by atoms with van der Waals surface area (Å²) in [6.07, 6.45) is -4.08. The van der Waals surface area contributed by atoms with Crippen LogP contribution in [-0.4, -0.2) is 49.7 Å². The Labute approximate surface area is 148 Å². The number of ether oxygens (including phenoxy) is 5. The summed E-state index contributed by atoms with van der Waals surface area (Å²) in [6, 6.07) is 0. The molecule has 2 fully saturated rings. The number of carbonyl (C=O) groups excluding carboxylic acids is 3. The van der Waals surface area contributed by atoms with Crippen molar-refractivity contribution in [1.82, 2.24) is 0 Å². The largest absolute Gasteiger partial charge is 0.514 e. The van der Waals surface area contributed by atoms with E-state index in [2.05, 4.69) is 33.5 Å². The number of hydrogen-bond acceptors (Lipinski definition) is 10. The van der Waals surface area contributed by atoms with Crippen molar-refractivity contribution in [2.24, 2.45) is 0 Å². The number of esters is 1. The lowest BCUT2D eigenvalue weighted by molar-refractivity contribution is -0.380. The average Bonchev–Trinajstić information content (AvgIpc) is 2.89. The van der Waals surface area contributed by atoms with Crippen LogP contribution in [0.2, 0.25) is 0 Å². The minimum Gasteiger partial charge on any atom is -0.427 e. The van der Waals surface area contributed by atoms with E-state index in [0.29, 0.717) is 0 Å². The molecule has 0 aliphatic carbocycles. The highest BCUT2D eigenvalue weighted by Gasteiger charge is 2.41. The zero-order valence-electron chi connectivity index (χ0n) is 12.6. The molecule has 25 heavy (non-hydrogen) atoms. The van der Waals surface area contributed by atoms with Gasteiger partial charge in [0.15, 0.2) is 0 Å². The predicted molar refractivity (Wildman–Crippen MR) is 86.3 cm³/mol. The van der Waals surface area contributed by atoms with Gasteiger partial charge in [0.1, 0.15) is 12.2 Å². The summed E-state index contributed by atoms with van der Waals surface area (Å²) in [5, 5.41) is 0. The van der Waals surface area contributed by atoms with Crippen LogP contribution < -0.4 is 0 Å². The van der Waals surface area contributed by atoms with Crippen LogP contribution in [0.15, 0.2) is 0 Å². The molecule has 4 atom stereocenters. The highest BCUT2D eigenvalue weighted by atomic mass is 17.2. The van der Waals surface area contributed by atoms with Gasteiger partial charge in [-0.15, -0.1) is 0 Å². The lowest BCUT2D eigenvalue weighted by atomic mass is 10.3. The summed E-state index contributed by atoms with van der Waals surface area (Å²) in [5.41, 5.74) is 0. The van der Waals surface area contributed by atoms with Crippen LogP contribution >= 0.6 is 0 Å². The molecule has 0 aromatic heterocycles. The van der Waals surface area contributed by atoms with Gasteiger partial charge in [0.2, 0.25) is 0 Å². The van der Waals surface area contributed by atoms with Gasteiger partial charge in [-0.2, -0.15) is 4.89 Å². The second kappa shape index (κ2) is 13.2. The molecule has 10 heteroatoms. The topological polar surface area (TPSA) is 116 Å². The van der Waals surface area contributed by atoms with Crippen LogP contribution in [0.4, 0.5) is 9.59 Å². The third-order valence-corrected chi connectivity index (χ3v) is 2.44. The summed E-state index contributed by atoms with van der Waals surface area (Å²) >= 11 is 0. The van der Waals surface area contributed by atoms with Crippen LogP contribution in [0.25, 0.3) is 0 Å². The van der Waals surface area contributed by atoms with Crippen LogP contribution in [0.3, 0.4) is 0 Å². The van der Waals surface area contributed by atoms with Crippen LogP contribution in [0.1, 0.15) is 50.0 Å². The zero-order valence-corrected chi connectivity index (χ0v) is 12.6. The molecule has 2 saturated heterocycles. The van der Waals surface area contributed by atoms with Crippen molar-refractivity contribution in [2.75, 3.05) is 6.61 Å². The van der Waals surface area contributed by atoms with Gasteiger partial charge in [-0.1, -0.05) is 22.3 Å². The Kier molecular flexibility index (Phi) is 14.7. The quantitative estimate of drug-likeness (QED) is 0.316. The third-order valence-electron chi connectivity index (χ3n) is 2.44. The molecule has 150 valence electrons. The van der Waals surface area contributed by atoms with E-state index in [4.69, 9.17) is 0 Å².